The van der Waals surface area contributed by atoms with E-state index in [-0.39, 0.29) is 18.9 Å². The molecule has 0 aliphatic rings. The third-order valence-corrected chi connectivity index (χ3v) is 10.7. The summed E-state index contributed by atoms with van der Waals surface area (Å²) in [5, 5.41) is 0. The monoisotopic (exact) mass is 648 g/mol. The van der Waals surface area contributed by atoms with Crippen molar-refractivity contribution in [3.63, 3.8) is 0 Å². The van der Waals surface area contributed by atoms with Gasteiger partial charge in [-0.15, -0.1) is 0 Å². The number of rotatable bonds is 37. The molecule has 47 heavy (non-hydrogen) atoms. The quantitative estimate of drug-likeness (QED) is 0.0383. The Hall–Kier alpha value is -0.223. The van der Waals surface area contributed by atoms with Crippen molar-refractivity contribution < 1.29 is 23.3 Å². The van der Waals surface area contributed by atoms with E-state index >= 15 is 0 Å². The summed E-state index contributed by atoms with van der Waals surface area (Å²) in [6.45, 7) is 5.07. The fraction of sp³-hybridized carbons (Fsp3) is 0.867. The van der Waals surface area contributed by atoms with Crippen LogP contribution in [0.5, 0.6) is 0 Å². The molecule has 1 nitrogen and oxygen atoms in total. The van der Waals surface area contributed by atoms with E-state index in [0.29, 0.717) is 0 Å². The molecular formula is C45H86LiN+2. The van der Waals surface area contributed by atoms with Crippen molar-refractivity contribution in [2.45, 2.75) is 225 Å². The summed E-state index contributed by atoms with van der Waals surface area (Å²) in [6.07, 6.45) is 49.4. The molecule has 0 bridgehead atoms. The molecule has 0 saturated heterocycles. The van der Waals surface area contributed by atoms with E-state index in [0.717, 1.165) is 0 Å². The van der Waals surface area contributed by atoms with Gasteiger partial charge in [0.1, 0.15) is 0 Å². The van der Waals surface area contributed by atoms with Crippen LogP contribution in [0.15, 0.2) is 30.3 Å². The molecule has 0 fully saturated rings. The minimum absolute atomic E-state index is 0. The van der Waals surface area contributed by atoms with E-state index < -0.39 is 0 Å². The van der Waals surface area contributed by atoms with Crippen molar-refractivity contribution in [1.29, 1.82) is 0 Å². The van der Waals surface area contributed by atoms with Gasteiger partial charge in [0.25, 0.3) is 0 Å². The van der Waals surface area contributed by atoms with Crippen LogP contribution in [0.2, 0.25) is 0 Å². The molecule has 0 amide bonds. The van der Waals surface area contributed by atoms with Gasteiger partial charge in [-0.25, -0.2) is 0 Å². The normalized spacial score (nSPS) is 11.6. The smallest absolute Gasteiger partial charge is 0.328 e. The van der Waals surface area contributed by atoms with Gasteiger partial charge in [-0.2, -0.15) is 0 Å². The molecule has 0 spiro atoms. The SMILES string of the molecule is CCCCCCCCCCCCCCCCCC[N+](C)(C)CCCCCCCCCCCCCCCCCCCc1ccccc1.[Li+]. The molecule has 0 saturated carbocycles. The number of nitrogens with zero attached hydrogens (tertiary/aromatic N) is 1. The standard InChI is InChI=1S/C45H86N.Li/c1-4-5-6-7-8-9-10-11-12-17-20-23-26-29-32-38-43-46(2,3)44-39-33-30-27-24-21-18-15-13-14-16-19-22-25-28-31-35-40-45-41-36-34-37-42-45;/h34,36-37,41-42H,4-33,35,38-40,43-44H2,1-3H3;/q2*+1. The van der Waals surface area contributed by atoms with Crippen molar-refractivity contribution in [3.8, 4) is 0 Å². The molecule has 1 aromatic carbocycles. The topological polar surface area (TPSA) is 0 Å². The van der Waals surface area contributed by atoms with Gasteiger partial charge in [0.15, 0.2) is 0 Å². The maximum Gasteiger partial charge on any atom is 1.00 e. The molecule has 0 aliphatic carbocycles. The Morgan fingerprint density at radius 2 is 0.596 bits per heavy atom. The van der Waals surface area contributed by atoms with Gasteiger partial charge in [0, 0.05) is 0 Å². The first-order valence-corrected chi connectivity index (χ1v) is 21.5. The van der Waals surface area contributed by atoms with Crippen LogP contribution in [0.1, 0.15) is 224 Å². The van der Waals surface area contributed by atoms with Gasteiger partial charge in [-0.05, 0) is 44.1 Å². The predicted molar refractivity (Wildman–Crippen MR) is 210 cm³/mol. The van der Waals surface area contributed by atoms with Crippen LogP contribution in [-0.2, 0) is 6.42 Å². The minimum Gasteiger partial charge on any atom is -0.328 e. The first-order valence-electron chi connectivity index (χ1n) is 21.5. The number of unbranched alkanes of at least 4 members (excludes halogenated alkanes) is 31. The molecule has 0 aromatic heterocycles. The molecule has 0 unspecified atom stereocenters. The third kappa shape index (κ3) is 35.4. The summed E-state index contributed by atoms with van der Waals surface area (Å²) in [5.41, 5.74) is 1.51. The zero-order chi connectivity index (χ0) is 33.1. The van der Waals surface area contributed by atoms with Gasteiger partial charge in [-0.3, -0.25) is 0 Å². The number of hydrogen-bond acceptors (Lipinski definition) is 0. The fourth-order valence-corrected chi connectivity index (χ4v) is 7.37. The largest absolute Gasteiger partial charge is 1.00 e. The summed E-state index contributed by atoms with van der Waals surface area (Å²) in [5.74, 6) is 0. The Morgan fingerprint density at radius 1 is 0.340 bits per heavy atom. The summed E-state index contributed by atoms with van der Waals surface area (Å²) >= 11 is 0. The molecule has 2 heteroatoms. The van der Waals surface area contributed by atoms with Gasteiger partial charge in [0.2, 0.25) is 0 Å². The maximum atomic E-state index is 2.47. The van der Waals surface area contributed by atoms with Crippen LogP contribution in [0.4, 0.5) is 0 Å². The van der Waals surface area contributed by atoms with E-state index in [2.05, 4.69) is 51.4 Å². The molecule has 0 radical (unpaired) electrons. The Morgan fingerprint density at radius 3 is 0.894 bits per heavy atom. The molecule has 1 aromatic rings. The molecule has 1 rings (SSSR count). The summed E-state index contributed by atoms with van der Waals surface area (Å²) in [7, 11) is 4.94. The van der Waals surface area contributed by atoms with E-state index in [4.69, 9.17) is 0 Å². The van der Waals surface area contributed by atoms with Gasteiger partial charge in [-0.1, -0.05) is 217 Å². The number of aryl methyl sites for hydroxylation is 1. The average Bonchev–Trinajstić information content (AvgIpc) is 3.06. The molecule has 0 heterocycles. The number of quaternary nitrogens is 1. The molecular weight excluding hydrogens is 561 g/mol. The zero-order valence-corrected chi connectivity index (χ0v) is 33.3. The van der Waals surface area contributed by atoms with Crippen LogP contribution in [0.3, 0.4) is 0 Å². The molecule has 0 atom stereocenters. The van der Waals surface area contributed by atoms with E-state index in [1.165, 1.54) is 241 Å². The van der Waals surface area contributed by atoms with E-state index in [1.54, 1.807) is 0 Å². The first kappa shape index (κ1) is 46.8. The third-order valence-electron chi connectivity index (χ3n) is 10.7. The molecule has 0 N–H and O–H groups in total. The van der Waals surface area contributed by atoms with Crippen LogP contribution in [0.25, 0.3) is 0 Å². The van der Waals surface area contributed by atoms with Crippen molar-refractivity contribution >= 4 is 0 Å². The van der Waals surface area contributed by atoms with Gasteiger partial charge >= 0.3 is 18.9 Å². The van der Waals surface area contributed by atoms with Crippen LogP contribution in [-0.4, -0.2) is 31.7 Å². The maximum absolute atomic E-state index is 2.47. The molecule has 270 valence electrons. The Balaban J connectivity index is 0.0000212. The Labute approximate surface area is 310 Å². The Kier molecular flexibility index (Phi) is 36.9. The summed E-state index contributed by atoms with van der Waals surface area (Å²) in [6, 6.07) is 11.0. The van der Waals surface area contributed by atoms with Crippen molar-refractivity contribution in [2.24, 2.45) is 0 Å². The van der Waals surface area contributed by atoms with Crippen LogP contribution >= 0.6 is 0 Å². The van der Waals surface area contributed by atoms with E-state index in [9.17, 15) is 0 Å². The fourth-order valence-electron chi connectivity index (χ4n) is 7.37. The van der Waals surface area contributed by atoms with Crippen molar-refractivity contribution in [3.05, 3.63) is 35.9 Å². The van der Waals surface area contributed by atoms with Crippen molar-refractivity contribution in [1.82, 2.24) is 0 Å². The summed E-state index contributed by atoms with van der Waals surface area (Å²) in [4.78, 5) is 0. The second-order valence-corrected chi connectivity index (χ2v) is 15.9. The first-order chi connectivity index (χ1) is 22.6. The average molecular weight is 648 g/mol. The van der Waals surface area contributed by atoms with E-state index in [1.807, 2.05) is 0 Å². The van der Waals surface area contributed by atoms with Crippen molar-refractivity contribution in [2.75, 3.05) is 27.2 Å². The predicted octanol–water partition coefficient (Wildman–Crippen LogP) is 12.2. The zero-order valence-electron chi connectivity index (χ0n) is 33.3. The second kappa shape index (κ2) is 37.0. The Bertz CT molecular complexity index is 701. The second-order valence-electron chi connectivity index (χ2n) is 15.9. The number of benzene rings is 1. The van der Waals surface area contributed by atoms with Gasteiger partial charge < -0.3 is 4.48 Å². The summed E-state index contributed by atoms with van der Waals surface area (Å²) < 4.78 is 1.24. The van der Waals surface area contributed by atoms with Crippen LogP contribution < -0.4 is 18.9 Å². The minimum atomic E-state index is 0. The number of hydrogen-bond donors (Lipinski definition) is 0. The van der Waals surface area contributed by atoms with Gasteiger partial charge in [0.05, 0.1) is 27.2 Å². The molecule has 0 aliphatic heterocycles. The van der Waals surface area contributed by atoms with Crippen LogP contribution in [0, 0.1) is 0 Å².